The molecule has 5 heteroatoms. The van der Waals surface area contributed by atoms with E-state index in [1.165, 1.54) is 6.33 Å². The van der Waals surface area contributed by atoms with Crippen LogP contribution >= 0.6 is 15.9 Å². The second kappa shape index (κ2) is 3.60. The minimum Gasteiger partial charge on any atom is -0.223 e. The predicted octanol–water partition coefficient (Wildman–Crippen LogP) is 1.90. The van der Waals surface area contributed by atoms with Gasteiger partial charge in [0, 0.05) is 4.47 Å². The van der Waals surface area contributed by atoms with E-state index in [1.807, 2.05) is 6.07 Å². The van der Waals surface area contributed by atoms with Gasteiger partial charge in [0.05, 0.1) is 17.3 Å². The van der Waals surface area contributed by atoms with Crippen molar-refractivity contribution in [1.82, 2.24) is 14.8 Å². The molecule has 0 amide bonds. The fourth-order valence-electron chi connectivity index (χ4n) is 1.11. The van der Waals surface area contributed by atoms with E-state index in [-0.39, 0.29) is 0 Å². The summed E-state index contributed by atoms with van der Waals surface area (Å²) in [5, 5.41) is 12.7. The molecule has 0 unspecified atom stereocenters. The fraction of sp³-hybridized carbons (Fsp3) is 0. The largest absolute Gasteiger partial charge is 0.223 e. The molecule has 0 saturated carbocycles. The molecule has 0 aliphatic heterocycles. The lowest BCUT2D eigenvalue weighted by Crippen LogP contribution is -1.94. The molecule has 0 aliphatic rings. The highest BCUT2D eigenvalue weighted by Crippen LogP contribution is 2.17. The van der Waals surface area contributed by atoms with Crippen molar-refractivity contribution in [2.75, 3.05) is 0 Å². The third kappa shape index (κ3) is 1.65. The molecule has 0 bridgehead atoms. The van der Waals surface area contributed by atoms with E-state index in [4.69, 9.17) is 5.26 Å². The van der Waals surface area contributed by atoms with Crippen LogP contribution in [0.1, 0.15) is 5.56 Å². The summed E-state index contributed by atoms with van der Waals surface area (Å²) in [6.07, 6.45) is 3.04. The van der Waals surface area contributed by atoms with Crippen LogP contribution in [-0.2, 0) is 0 Å². The first kappa shape index (κ1) is 8.91. The minimum absolute atomic E-state index is 0.588. The summed E-state index contributed by atoms with van der Waals surface area (Å²) in [6.45, 7) is 0. The molecule has 4 nitrogen and oxygen atoms in total. The van der Waals surface area contributed by atoms with Gasteiger partial charge in [0.2, 0.25) is 0 Å². The van der Waals surface area contributed by atoms with Crippen molar-refractivity contribution in [3.63, 3.8) is 0 Å². The zero-order valence-corrected chi connectivity index (χ0v) is 8.64. The van der Waals surface area contributed by atoms with Crippen LogP contribution in [0.15, 0.2) is 35.3 Å². The molecule has 0 saturated heterocycles. The lowest BCUT2D eigenvalue weighted by molar-refractivity contribution is 0.877. The first-order valence-electron chi connectivity index (χ1n) is 3.85. The molecule has 0 spiro atoms. The molecular weight excluding hydrogens is 244 g/mol. The van der Waals surface area contributed by atoms with Gasteiger partial charge >= 0.3 is 0 Å². The quantitative estimate of drug-likeness (QED) is 0.775. The van der Waals surface area contributed by atoms with Gasteiger partial charge in [-0.25, -0.2) is 9.67 Å². The molecule has 0 atom stereocenters. The van der Waals surface area contributed by atoms with E-state index in [9.17, 15) is 0 Å². The maximum atomic E-state index is 8.77. The van der Waals surface area contributed by atoms with Crippen molar-refractivity contribution in [3.05, 3.63) is 40.9 Å². The van der Waals surface area contributed by atoms with Crippen LogP contribution in [0.2, 0.25) is 0 Å². The number of halogens is 1. The van der Waals surface area contributed by atoms with E-state index in [1.54, 1.807) is 23.1 Å². The number of aromatic nitrogens is 3. The Labute approximate surface area is 88.9 Å². The van der Waals surface area contributed by atoms with Crippen molar-refractivity contribution in [1.29, 1.82) is 5.26 Å². The van der Waals surface area contributed by atoms with Crippen LogP contribution in [0.3, 0.4) is 0 Å². The number of nitriles is 1. The second-order valence-corrected chi connectivity index (χ2v) is 3.57. The second-order valence-electron chi connectivity index (χ2n) is 2.65. The van der Waals surface area contributed by atoms with Crippen LogP contribution in [0.25, 0.3) is 5.69 Å². The topological polar surface area (TPSA) is 54.5 Å². The van der Waals surface area contributed by atoms with E-state index in [0.29, 0.717) is 5.56 Å². The molecule has 0 radical (unpaired) electrons. The maximum Gasteiger partial charge on any atom is 0.138 e. The Morgan fingerprint density at radius 2 is 2.21 bits per heavy atom. The normalized spacial score (nSPS) is 9.71. The van der Waals surface area contributed by atoms with Crippen LogP contribution in [0, 0.1) is 11.3 Å². The van der Waals surface area contributed by atoms with Crippen molar-refractivity contribution in [2.45, 2.75) is 0 Å². The minimum atomic E-state index is 0.588. The summed E-state index contributed by atoms with van der Waals surface area (Å²) in [7, 11) is 0. The van der Waals surface area contributed by atoms with Crippen molar-refractivity contribution in [2.24, 2.45) is 0 Å². The maximum absolute atomic E-state index is 8.77. The highest BCUT2D eigenvalue weighted by atomic mass is 79.9. The van der Waals surface area contributed by atoms with Gasteiger partial charge in [0.25, 0.3) is 0 Å². The molecule has 0 aliphatic carbocycles. The van der Waals surface area contributed by atoms with Gasteiger partial charge in [0.15, 0.2) is 0 Å². The summed E-state index contributed by atoms with van der Waals surface area (Å²) in [5.74, 6) is 0. The number of rotatable bonds is 1. The van der Waals surface area contributed by atoms with Crippen LogP contribution in [-0.4, -0.2) is 14.8 Å². The Morgan fingerprint density at radius 1 is 1.36 bits per heavy atom. The van der Waals surface area contributed by atoms with Gasteiger partial charge < -0.3 is 0 Å². The van der Waals surface area contributed by atoms with Crippen molar-refractivity contribution >= 4 is 15.9 Å². The van der Waals surface area contributed by atoms with Crippen LogP contribution in [0.4, 0.5) is 0 Å². The SMILES string of the molecule is N#Cc1cc(Br)cc(-n2cncn2)c1. The average molecular weight is 249 g/mol. The number of benzene rings is 1. The molecular formula is C9H5BrN4. The zero-order chi connectivity index (χ0) is 9.97. The summed E-state index contributed by atoms with van der Waals surface area (Å²) >= 11 is 3.33. The summed E-state index contributed by atoms with van der Waals surface area (Å²) in [6, 6.07) is 7.45. The van der Waals surface area contributed by atoms with Gasteiger partial charge in [-0.15, -0.1) is 0 Å². The van der Waals surface area contributed by atoms with Gasteiger partial charge in [0.1, 0.15) is 12.7 Å². The average Bonchev–Trinajstić information content (AvgIpc) is 2.69. The molecule has 14 heavy (non-hydrogen) atoms. The van der Waals surface area contributed by atoms with Crippen molar-refractivity contribution < 1.29 is 0 Å². The number of hydrogen-bond donors (Lipinski definition) is 0. The molecule has 0 fully saturated rings. The third-order valence-electron chi connectivity index (χ3n) is 1.69. The third-order valence-corrected chi connectivity index (χ3v) is 2.15. The monoisotopic (exact) mass is 248 g/mol. The zero-order valence-electron chi connectivity index (χ0n) is 7.05. The van der Waals surface area contributed by atoms with E-state index >= 15 is 0 Å². The Balaban J connectivity index is 2.55. The molecule has 68 valence electrons. The first-order chi connectivity index (χ1) is 6.79. The number of hydrogen-bond acceptors (Lipinski definition) is 3. The van der Waals surface area contributed by atoms with Crippen LogP contribution in [0.5, 0.6) is 0 Å². The van der Waals surface area contributed by atoms with Gasteiger partial charge in [-0.3, -0.25) is 0 Å². The smallest absolute Gasteiger partial charge is 0.138 e. The van der Waals surface area contributed by atoms with E-state index < -0.39 is 0 Å². The Morgan fingerprint density at radius 3 is 2.86 bits per heavy atom. The Kier molecular flexibility index (Phi) is 2.29. The molecule has 1 aromatic carbocycles. The van der Waals surface area contributed by atoms with Gasteiger partial charge in [-0.2, -0.15) is 10.4 Å². The predicted molar refractivity (Wildman–Crippen MR) is 53.8 cm³/mol. The van der Waals surface area contributed by atoms with Gasteiger partial charge in [-0.1, -0.05) is 15.9 Å². The molecule has 1 heterocycles. The molecule has 0 N–H and O–H groups in total. The molecule has 1 aromatic heterocycles. The highest BCUT2D eigenvalue weighted by Gasteiger charge is 2.01. The molecule has 2 rings (SSSR count). The standard InChI is InChI=1S/C9H5BrN4/c10-8-1-7(4-11)2-9(3-8)14-6-12-5-13-14/h1-3,5-6H. The summed E-state index contributed by atoms with van der Waals surface area (Å²) in [4.78, 5) is 3.84. The van der Waals surface area contributed by atoms with Gasteiger partial charge in [-0.05, 0) is 18.2 Å². The van der Waals surface area contributed by atoms with Crippen molar-refractivity contribution in [3.8, 4) is 11.8 Å². The highest BCUT2D eigenvalue weighted by molar-refractivity contribution is 9.10. The number of nitrogens with zero attached hydrogens (tertiary/aromatic N) is 4. The first-order valence-corrected chi connectivity index (χ1v) is 4.64. The fourth-order valence-corrected chi connectivity index (χ4v) is 1.59. The Bertz CT molecular complexity index is 484. The van der Waals surface area contributed by atoms with E-state index in [0.717, 1.165) is 10.2 Å². The Hall–Kier alpha value is -1.67. The summed E-state index contributed by atoms with van der Waals surface area (Å²) in [5.41, 5.74) is 1.40. The lowest BCUT2D eigenvalue weighted by atomic mass is 10.2. The lowest BCUT2D eigenvalue weighted by Gasteiger charge is -2.01. The van der Waals surface area contributed by atoms with E-state index in [2.05, 4.69) is 32.1 Å². The summed E-state index contributed by atoms with van der Waals surface area (Å²) < 4.78 is 2.45. The molecule has 2 aromatic rings. The van der Waals surface area contributed by atoms with Crippen LogP contribution < -0.4 is 0 Å².